The molecule has 11 heavy (non-hydrogen) atoms. The van der Waals surface area contributed by atoms with E-state index in [-0.39, 0.29) is 13.2 Å². The number of nitrogens with two attached hydrogens (primary N) is 1. The average molecular weight is 182 g/mol. The Morgan fingerprint density at radius 2 is 1.82 bits per heavy atom. The van der Waals surface area contributed by atoms with E-state index >= 15 is 0 Å². The van der Waals surface area contributed by atoms with Crippen molar-refractivity contribution in [2.45, 2.75) is 13.8 Å². The third kappa shape index (κ3) is 13.0. The van der Waals surface area contributed by atoms with Gasteiger partial charge < -0.3 is 4.90 Å². The topological polar surface area (TPSA) is 63.4 Å². The van der Waals surface area contributed by atoms with E-state index in [0.717, 1.165) is 6.54 Å². The minimum atomic E-state index is -3.25. The molecule has 0 aliphatic rings. The van der Waals surface area contributed by atoms with Gasteiger partial charge in [0.25, 0.3) is 0 Å². The maximum Gasteiger partial charge on any atom is 0.209 e. The zero-order valence-electron chi connectivity index (χ0n) is 6.37. The summed E-state index contributed by atoms with van der Waals surface area (Å²) in [6.07, 6.45) is 0.603. The van der Waals surface area contributed by atoms with Crippen molar-refractivity contribution in [2.75, 3.05) is 26.4 Å². The third-order valence-corrected chi connectivity index (χ3v) is 1.89. The van der Waals surface area contributed by atoms with Crippen LogP contribution >= 0.6 is 0 Å². The van der Waals surface area contributed by atoms with Crippen molar-refractivity contribution < 1.29 is 8.42 Å². The number of sulfonamides is 1. The van der Waals surface area contributed by atoms with E-state index < -0.39 is 10.0 Å². The minimum Gasteiger partial charge on any atom is -0.309 e. The maximum absolute atomic E-state index is 10.4. The normalized spacial score (nSPS) is 11.3. The standard InChI is InChI=1S/C5H14N2O2S.CH4/c1-7(2)4-3-5-10(6,8)9;/h3-5H2,1-2H3,(H2,6,8,9);1H4. The lowest BCUT2D eigenvalue weighted by Gasteiger charge is -2.07. The molecule has 2 N–H and O–H groups in total. The minimum absolute atomic E-state index is 0. The van der Waals surface area contributed by atoms with Gasteiger partial charge in [-0.15, -0.1) is 0 Å². The molecule has 5 heteroatoms. The molecule has 0 aromatic carbocycles. The zero-order chi connectivity index (χ0) is 8.20. The van der Waals surface area contributed by atoms with E-state index in [1.54, 1.807) is 0 Å². The summed E-state index contributed by atoms with van der Waals surface area (Å²) in [5.41, 5.74) is 0. The summed E-state index contributed by atoms with van der Waals surface area (Å²) in [6.45, 7) is 0.760. The molecule has 0 amide bonds. The fourth-order valence-corrected chi connectivity index (χ4v) is 1.11. The Labute approximate surface area is 69.4 Å². The molecule has 0 aliphatic carbocycles. The highest BCUT2D eigenvalue weighted by Crippen LogP contribution is 1.86. The molecular formula is C6H18N2O2S. The predicted molar refractivity (Wildman–Crippen MR) is 47.9 cm³/mol. The number of nitrogens with zero attached hydrogens (tertiary/aromatic N) is 1. The van der Waals surface area contributed by atoms with Crippen LogP contribution in [-0.4, -0.2) is 39.7 Å². The molecule has 0 rings (SSSR count). The largest absolute Gasteiger partial charge is 0.309 e. The van der Waals surface area contributed by atoms with Crippen molar-refractivity contribution >= 4 is 10.0 Å². The molecular weight excluding hydrogens is 164 g/mol. The van der Waals surface area contributed by atoms with E-state index in [0.29, 0.717) is 6.42 Å². The Morgan fingerprint density at radius 1 is 1.36 bits per heavy atom. The molecule has 0 heterocycles. The average Bonchev–Trinajstić information content (AvgIpc) is 1.59. The van der Waals surface area contributed by atoms with Gasteiger partial charge in [0, 0.05) is 0 Å². The molecule has 0 saturated carbocycles. The molecule has 4 nitrogen and oxygen atoms in total. The van der Waals surface area contributed by atoms with Gasteiger partial charge in [0.1, 0.15) is 0 Å². The van der Waals surface area contributed by atoms with Crippen LogP contribution in [0.1, 0.15) is 13.8 Å². The summed E-state index contributed by atoms with van der Waals surface area (Å²) < 4.78 is 20.7. The highest BCUT2D eigenvalue weighted by molar-refractivity contribution is 7.89. The van der Waals surface area contributed by atoms with E-state index in [4.69, 9.17) is 5.14 Å². The fraction of sp³-hybridized carbons (Fsp3) is 1.00. The lowest BCUT2D eigenvalue weighted by atomic mass is 10.5. The lowest BCUT2D eigenvalue weighted by Crippen LogP contribution is -2.21. The molecule has 0 saturated heterocycles. The van der Waals surface area contributed by atoms with Crippen molar-refractivity contribution in [1.82, 2.24) is 4.90 Å². The van der Waals surface area contributed by atoms with Crippen molar-refractivity contribution in [3.05, 3.63) is 0 Å². The predicted octanol–water partition coefficient (Wildman–Crippen LogP) is -0.137. The highest BCUT2D eigenvalue weighted by atomic mass is 32.2. The van der Waals surface area contributed by atoms with Crippen LogP contribution in [0.15, 0.2) is 0 Å². The SMILES string of the molecule is C.CN(C)CCCS(N)(=O)=O. The molecule has 0 fully saturated rings. The van der Waals surface area contributed by atoms with Crippen LogP contribution in [-0.2, 0) is 10.0 Å². The monoisotopic (exact) mass is 182 g/mol. The Balaban J connectivity index is 0. The van der Waals surface area contributed by atoms with Gasteiger partial charge >= 0.3 is 0 Å². The first-order valence-corrected chi connectivity index (χ1v) is 4.78. The van der Waals surface area contributed by atoms with Crippen LogP contribution in [0.3, 0.4) is 0 Å². The number of rotatable bonds is 4. The first-order chi connectivity index (χ1) is 4.42. The molecule has 0 aromatic heterocycles. The van der Waals surface area contributed by atoms with Gasteiger partial charge in [0.15, 0.2) is 0 Å². The second-order valence-electron chi connectivity index (χ2n) is 2.52. The van der Waals surface area contributed by atoms with Crippen molar-refractivity contribution in [3.63, 3.8) is 0 Å². The van der Waals surface area contributed by atoms with Gasteiger partial charge in [-0.05, 0) is 27.1 Å². The van der Waals surface area contributed by atoms with Gasteiger partial charge in [-0.3, -0.25) is 0 Å². The highest BCUT2D eigenvalue weighted by Gasteiger charge is 2.01. The van der Waals surface area contributed by atoms with Crippen LogP contribution in [0.5, 0.6) is 0 Å². The van der Waals surface area contributed by atoms with E-state index in [9.17, 15) is 8.42 Å². The van der Waals surface area contributed by atoms with Crippen LogP contribution in [0.25, 0.3) is 0 Å². The smallest absolute Gasteiger partial charge is 0.209 e. The number of hydrogen-bond donors (Lipinski definition) is 1. The Morgan fingerprint density at radius 3 is 2.09 bits per heavy atom. The quantitative estimate of drug-likeness (QED) is 0.658. The van der Waals surface area contributed by atoms with Crippen LogP contribution in [0, 0.1) is 0 Å². The number of primary sulfonamides is 1. The van der Waals surface area contributed by atoms with Crippen molar-refractivity contribution in [2.24, 2.45) is 5.14 Å². The molecule has 0 aromatic rings. The summed E-state index contributed by atoms with van der Waals surface area (Å²) >= 11 is 0. The van der Waals surface area contributed by atoms with Gasteiger partial charge in [0.05, 0.1) is 5.75 Å². The summed E-state index contributed by atoms with van der Waals surface area (Å²) in [5.74, 6) is 0.0746. The van der Waals surface area contributed by atoms with E-state index in [2.05, 4.69) is 0 Å². The van der Waals surface area contributed by atoms with E-state index in [1.807, 2.05) is 19.0 Å². The molecule has 0 spiro atoms. The van der Waals surface area contributed by atoms with Gasteiger partial charge in [-0.1, -0.05) is 7.43 Å². The summed E-state index contributed by atoms with van der Waals surface area (Å²) in [6, 6.07) is 0. The first kappa shape index (κ1) is 13.5. The Hall–Kier alpha value is -0.130. The second kappa shape index (κ2) is 5.51. The summed E-state index contributed by atoms with van der Waals surface area (Å²) in [5, 5.41) is 4.78. The molecule has 0 unspecified atom stereocenters. The van der Waals surface area contributed by atoms with Crippen molar-refractivity contribution in [3.8, 4) is 0 Å². The van der Waals surface area contributed by atoms with Crippen LogP contribution in [0.2, 0.25) is 0 Å². The van der Waals surface area contributed by atoms with Crippen LogP contribution < -0.4 is 5.14 Å². The fourth-order valence-electron chi connectivity index (χ4n) is 0.582. The lowest BCUT2D eigenvalue weighted by molar-refractivity contribution is 0.408. The first-order valence-electron chi connectivity index (χ1n) is 3.07. The van der Waals surface area contributed by atoms with Gasteiger partial charge in [-0.2, -0.15) is 0 Å². The Kier molecular flexibility index (Phi) is 6.74. The van der Waals surface area contributed by atoms with Crippen molar-refractivity contribution in [1.29, 1.82) is 0 Å². The zero-order valence-corrected chi connectivity index (χ0v) is 7.19. The summed E-state index contributed by atoms with van der Waals surface area (Å²) in [7, 11) is 0.538. The maximum atomic E-state index is 10.4. The molecule has 0 bridgehead atoms. The number of hydrogen-bond acceptors (Lipinski definition) is 3. The Bertz CT molecular complexity index is 175. The summed E-state index contributed by atoms with van der Waals surface area (Å²) in [4.78, 5) is 1.92. The van der Waals surface area contributed by atoms with Gasteiger partial charge in [-0.25, -0.2) is 13.6 Å². The van der Waals surface area contributed by atoms with E-state index in [1.165, 1.54) is 0 Å². The van der Waals surface area contributed by atoms with Crippen LogP contribution in [0.4, 0.5) is 0 Å². The third-order valence-electron chi connectivity index (χ3n) is 1.03. The molecule has 0 aliphatic heterocycles. The van der Waals surface area contributed by atoms with Gasteiger partial charge in [0.2, 0.25) is 10.0 Å². The molecule has 0 radical (unpaired) electrons. The molecule has 70 valence electrons. The second-order valence-corrected chi connectivity index (χ2v) is 4.26. The molecule has 0 atom stereocenters.